The Bertz CT molecular complexity index is 1040. The lowest BCUT2D eigenvalue weighted by Gasteiger charge is -2.26. The summed E-state index contributed by atoms with van der Waals surface area (Å²) in [6, 6.07) is 9.84. The standard InChI is InChI=1S/C21H19FN2O3S2/c1-27-21(26)20-16(10-18(29-20)13-2-4-15(22)5-3-13)23-19(25)12-24-8-6-17-14(11-24)7-9-28-17/h2-5,7,9-10H,6,8,11-12H2,1H3,(H,23,25). The summed E-state index contributed by atoms with van der Waals surface area (Å²) < 4.78 is 18.1. The molecule has 1 aliphatic rings. The predicted octanol–water partition coefficient (Wildman–Crippen LogP) is 4.40. The molecule has 2 aromatic heterocycles. The first-order chi connectivity index (χ1) is 14.0. The third kappa shape index (κ3) is 4.39. The van der Waals surface area contributed by atoms with Crippen LogP contribution in [0.3, 0.4) is 0 Å². The third-order valence-electron chi connectivity index (χ3n) is 4.76. The number of fused-ring (bicyclic) bond motifs is 1. The summed E-state index contributed by atoms with van der Waals surface area (Å²) in [5.41, 5.74) is 2.46. The van der Waals surface area contributed by atoms with Crippen molar-refractivity contribution >= 4 is 40.2 Å². The highest BCUT2D eigenvalue weighted by Gasteiger charge is 2.22. The molecule has 0 saturated carbocycles. The van der Waals surface area contributed by atoms with Gasteiger partial charge in [-0.15, -0.1) is 22.7 Å². The number of hydrogen-bond donors (Lipinski definition) is 1. The number of amides is 1. The van der Waals surface area contributed by atoms with E-state index in [0.717, 1.165) is 30.0 Å². The summed E-state index contributed by atoms with van der Waals surface area (Å²) in [5.74, 6) is -1.03. The van der Waals surface area contributed by atoms with E-state index in [-0.39, 0.29) is 18.3 Å². The zero-order valence-corrected chi connectivity index (χ0v) is 17.4. The van der Waals surface area contributed by atoms with Gasteiger partial charge in [-0.05, 0) is 47.2 Å². The molecule has 0 bridgehead atoms. The molecule has 0 spiro atoms. The van der Waals surface area contributed by atoms with Gasteiger partial charge in [-0.25, -0.2) is 9.18 Å². The van der Waals surface area contributed by atoms with Crippen LogP contribution in [0.1, 0.15) is 20.1 Å². The quantitative estimate of drug-likeness (QED) is 0.610. The van der Waals surface area contributed by atoms with Gasteiger partial charge in [0, 0.05) is 22.8 Å². The molecule has 0 fully saturated rings. The number of esters is 1. The van der Waals surface area contributed by atoms with Crippen molar-refractivity contribution in [3.8, 4) is 10.4 Å². The summed E-state index contributed by atoms with van der Waals surface area (Å²) in [7, 11) is 1.30. The van der Waals surface area contributed by atoms with Crippen LogP contribution >= 0.6 is 22.7 Å². The number of benzene rings is 1. The van der Waals surface area contributed by atoms with Crippen molar-refractivity contribution in [2.45, 2.75) is 13.0 Å². The first-order valence-electron chi connectivity index (χ1n) is 9.09. The molecule has 29 heavy (non-hydrogen) atoms. The van der Waals surface area contributed by atoms with Gasteiger partial charge in [0.05, 0.1) is 19.3 Å². The van der Waals surface area contributed by atoms with Crippen molar-refractivity contribution in [3.05, 3.63) is 62.9 Å². The Morgan fingerprint density at radius 3 is 2.79 bits per heavy atom. The van der Waals surface area contributed by atoms with Crippen molar-refractivity contribution in [3.63, 3.8) is 0 Å². The van der Waals surface area contributed by atoms with Crippen molar-refractivity contribution < 1.29 is 18.7 Å². The monoisotopic (exact) mass is 430 g/mol. The number of hydrogen-bond acceptors (Lipinski definition) is 6. The van der Waals surface area contributed by atoms with Crippen molar-refractivity contribution in [1.82, 2.24) is 4.90 Å². The van der Waals surface area contributed by atoms with E-state index in [4.69, 9.17) is 4.74 Å². The molecule has 1 amide bonds. The lowest BCUT2D eigenvalue weighted by atomic mass is 10.1. The molecule has 4 rings (SSSR count). The zero-order chi connectivity index (χ0) is 20.4. The van der Waals surface area contributed by atoms with Crippen LogP contribution in [0.5, 0.6) is 0 Å². The number of nitrogens with one attached hydrogen (secondary N) is 1. The second-order valence-electron chi connectivity index (χ2n) is 6.73. The van der Waals surface area contributed by atoms with Crippen LogP contribution in [0, 0.1) is 5.82 Å². The van der Waals surface area contributed by atoms with Crippen LogP contribution < -0.4 is 5.32 Å². The van der Waals surface area contributed by atoms with Gasteiger partial charge in [-0.1, -0.05) is 12.1 Å². The highest BCUT2D eigenvalue weighted by molar-refractivity contribution is 7.18. The average molecular weight is 431 g/mol. The highest BCUT2D eigenvalue weighted by atomic mass is 32.1. The number of rotatable bonds is 5. The third-order valence-corrected chi connectivity index (χ3v) is 6.95. The lowest BCUT2D eigenvalue weighted by molar-refractivity contribution is -0.117. The van der Waals surface area contributed by atoms with Gasteiger partial charge in [0.2, 0.25) is 5.91 Å². The van der Waals surface area contributed by atoms with Gasteiger partial charge in [-0.3, -0.25) is 9.69 Å². The molecule has 1 aromatic carbocycles. The molecule has 1 aliphatic heterocycles. The van der Waals surface area contributed by atoms with Gasteiger partial charge in [-0.2, -0.15) is 0 Å². The van der Waals surface area contributed by atoms with E-state index >= 15 is 0 Å². The van der Waals surface area contributed by atoms with Gasteiger partial charge in [0.1, 0.15) is 10.7 Å². The van der Waals surface area contributed by atoms with Crippen LogP contribution in [-0.4, -0.2) is 37.0 Å². The molecule has 3 aromatic rings. The van der Waals surface area contributed by atoms with Gasteiger partial charge in [0.25, 0.3) is 0 Å². The maximum absolute atomic E-state index is 13.2. The molecule has 0 unspecified atom stereocenters. The van der Waals surface area contributed by atoms with Gasteiger partial charge in [0.15, 0.2) is 0 Å². The van der Waals surface area contributed by atoms with E-state index in [1.54, 1.807) is 29.5 Å². The Kier molecular flexibility index (Phi) is 5.75. The number of carbonyl (C=O) groups is 2. The molecular formula is C21H19FN2O3S2. The second kappa shape index (κ2) is 8.44. The maximum Gasteiger partial charge on any atom is 0.350 e. The van der Waals surface area contributed by atoms with E-state index in [1.807, 2.05) is 0 Å². The summed E-state index contributed by atoms with van der Waals surface area (Å²) in [6.45, 7) is 1.83. The molecule has 0 aliphatic carbocycles. The second-order valence-corrected chi connectivity index (χ2v) is 8.78. The number of methoxy groups -OCH3 is 1. The molecule has 0 radical (unpaired) electrons. The number of ether oxygens (including phenoxy) is 1. The van der Waals surface area contributed by atoms with E-state index in [2.05, 4.69) is 21.7 Å². The van der Waals surface area contributed by atoms with Gasteiger partial charge < -0.3 is 10.1 Å². The van der Waals surface area contributed by atoms with E-state index < -0.39 is 5.97 Å². The van der Waals surface area contributed by atoms with Gasteiger partial charge >= 0.3 is 5.97 Å². The first kappa shape index (κ1) is 19.8. The van der Waals surface area contributed by atoms with Crippen molar-refractivity contribution in [1.29, 1.82) is 0 Å². The largest absolute Gasteiger partial charge is 0.465 e. The summed E-state index contributed by atoms with van der Waals surface area (Å²) in [6.07, 6.45) is 0.945. The number of anilines is 1. The van der Waals surface area contributed by atoms with E-state index in [9.17, 15) is 14.0 Å². The van der Waals surface area contributed by atoms with Crippen LogP contribution in [0.15, 0.2) is 41.8 Å². The normalized spacial score (nSPS) is 13.7. The van der Waals surface area contributed by atoms with Crippen molar-refractivity contribution in [2.75, 3.05) is 25.5 Å². The zero-order valence-electron chi connectivity index (χ0n) is 15.7. The fourth-order valence-electron chi connectivity index (χ4n) is 3.32. The smallest absolute Gasteiger partial charge is 0.350 e. The predicted molar refractivity (Wildman–Crippen MR) is 113 cm³/mol. The Morgan fingerprint density at radius 1 is 1.24 bits per heavy atom. The Morgan fingerprint density at radius 2 is 2.03 bits per heavy atom. The number of carbonyl (C=O) groups excluding carboxylic acids is 2. The number of thiophene rings is 2. The minimum absolute atomic E-state index is 0.183. The highest BCUT2D eigenvalue weighted by Crippen LogP contribution is 2.35. The molecule has 0 atom stereocenters. The topological polar surface area (TPSA) is 58.6 Å². The molecule has 150 valence electrons. The van der Waals surface area contributed by atoms with E-state index in [0.29, 0.717) is 10.6 Å². The fraction of sp³-hybridized carbons (Fsp3) is 0.238. The summed E-state index contributed by atoms with van der Waals surface area (Å²) in [4.78, 5) is 29.4. The number of halogens is 1. The summed E-state index contributed by atoms with van der Waals surface area (Å²) in [5, 5.41) is 4.93. The Balaban J connectivity index is 1.50. The van der Waals surface area contributed by atoms with Crippen LogP contribution in [0.4, 0.5) is 10.1 Å². The van der Waals surface area contributed by atoms with Crippen molar-refractivity contribution in [2.24, 2.45) is 0 Å². The average Bonchev–Trinajstić information content (AvgIpc) is 3.34. The Hall–Kier alpha value is -2.55. The summed E-state index contributed by atoms with van der Waals surface area (Å²) >= 11 is 2.96. The number of nitrogens with zero attached hydrogens (tertiary/aromatic N) is 1. The molecule has 5 nitrogen and oxygen atoms in total. The molecule has 1 N–H and O–H groups in total. The van der Waals surface area contributed by atoms with Crippen LogP contribution in [0.25, 0.3) is 10.4 Å². The SMILES string of the molecule is COC(=O)c1sc(-c2ccc(F)cc2)cc1NC(=O)CN1CCc2sccc2C1. The molecule has 8 heteroatoms. The minimum atomic E-state index is -0.514. The molecule has 0 saturated heterocycles. The first-order valence-corrected chi connectivity index (χ1v) is 10.8. The molecule has 3 heterocycles. The van der Waals surface area contributed by atoms with Crippen LogP contribution in [-0.2, 0) is 22.5 Å². The Labute approximate surface area is 175 Å². The molecular weight excluding hydrogens is 411 g/mol. The lowest BCUT2D eigenvalue weighted by Crippen LogP contribution is -2.36. The maximum atomic E-state index is 13.2. The minimum Gasteiger partial charge on any atom is -0.465 e. The van der Waals surface area contributed by atoms with E-state index in [1.165, 1.54) is 41.0 Å². The van der Waals surface area contributed by atoms with Crippen LogP contribution in [0.2, 0.25) is 0 Å². The fourth-order valence-corrected chi connectivity index (χ4v) is 5.25.